The first kappa shape index (κ1) is 15.7. The van der Waals surface area contributed by atoms with Crippen molar-refractivity contribution in [2.75, 3.05) is 5.32 Å². The van der Waals surface area contributed by atoms with Crippen LogP contribution in [-0.2, 0) is 0 Å². The van der Waals surface area contributed by atoms with E-state index in [0.717, 1.165) is 0 Å². The predicted octanol–water partition coefficient (Wildman–Crippen LogP) is 4.31. The Balaban J connectivity index is 2.31. The summed E-state index contributed by atoms with van der Waals surface area (Å²) in [6, 6.07) is 6.86. The first-order valence-corrected chi connectivity index (χ1v) is 7.00. The molecule has 6 nitrogen and oxygen atoms in total. The van der Waals surface area contributed by atoms with E-state index in [9.17, 15) is 14.9 Å². The van der Waals surface area contributed by atoms with E-state index in [1.54, 1.807) is 0 Å². The van der Waals surface area contributed by atoms with Crippen LogP contribution in [0.2, 0.25) is 10.3 Å². The zero-order valence-corrected chi connectivity index (χ0v) is 13.2. The highest BCUT2D eigenvalue weighted by molar-refractivity contribution is 9.10. The van der Waals surface area contributed by atoms with Crippen molar-refractivity contribution < 1.29 is 9.72 Å². The number of nitrogens with one attached hydrogen (secondary N) is 1. The number of halogens is 3. The second-order valence-electron chi connectivity index (χ2n) is 3.85. The largest absolute Gasteiger partial charge is 0.321 e. The van der Waals surface area contributed by atoms with Gasteiger partial charge in [0, 0.05) is 16.6 Å². The molecule has 0 saturated heterocycles. The molecule has 0 aliphatic rings. The van der Waals surface area contributed by atoms with Crippen LogP contribution in [0.5, 0.6) is 0 Å². The summed E-state index contributed by atoms with van der Waals surface area (Å²) in [6.45, 7) is 0. The average molecular weight is 391 g/mol. The summed E-state index contributed by atoms with van der Waals surface area (Å²) in [5, 5.41) is 13.4. The molecule has 9 heteroatoms. The van der Waals surface area contributed by atoms with Crippen molar-refractivity contribution in [3.05, 3.63) is 60.8 Å². The Morgan fingerprint density at radius 1 is 1.29 bits per heavy atom. The van der Waals surface area contributed by atoms with Crippen LogP contribution in [0.25, 0.3) is 0 Å². The van der Waals surface area contributed by atoms with Gasteiger partial charge in [-0.25, -0.2) is 4.98 Å². The van der Waals surface area contributed by atoms with E-state index in [1.807, 2.05) is 0 Å². The smallest absolute Gasteiger partial charge is 0.271 e. The standard InChI is InChI=1S/C12H6BrCl2N3O3/c13-8-3-1-6(18(20)21)5-9(8)16-12(19)7-2-4-10(14)17-11(7)15/h1-5H,(H,16,19). The first-order valence-electron chi connectivity index (χ1n) is 5.46. The van der Waals surface area contributed by atoms with Gasteiger partial charge >= 0.3 is 0 Å². The lowest BCUT2D eigenvalue weighted by atomic mass is 10.2. The van der Waals surface area contributed by atoms with Gasteiger partial charge < -0.3 is 5.32 Å². The molecule has 0 bridgehead atoms. The van der Waals surface area contributed by atoms with Crippen molar-refractivity contribution >= 4 is 56.4 Å². The Morgan fingerprint density at radius 3 is 2.62 bits per heavy atom. The Bertz CT molecular complexity index is 740. The van der Waals surface area contributed by atoms with Gasteiger partial charge in [0.2, 0.25) is 0 Å². The Kier molecular flexibility index (Phi) is 4.76. The quantitative estimate of drug-likeness (QED) is 0.480. The van der Waals surface area contributed by atoms with Crippen LogP contribution in [0, 0.1) is 10.1 Å². The molecule has 1 N–H and O–H groups in total. The zero-order chi connectivity index (χ0) is 15.6. The van der Waals surface area contributed by atoms with E-state index in [0.29, 0.717) is 4.47 Å². The minimum Gasteiger partial charge on any atom is -0.321 e. The molecule has 1 heterocycles. The molecule has 1 aromatic heterocycles. The number of rotatable bonds is 3. The predicted molar refractivity (Wildman–Crippen MR) is 83.0 cm³/mol. The van der Waals surface area contributed by atoms with Crippen LogP contribution in [0.4, 0.5) is 11.4 Å². The maximum absolute atomic E-state index is 12.1. The third-order valence-electron chi connectivity index (χ3n) is 2.47. The van der Waals surface area contributed by atoms with Crippen molar-refractivity contribution in [2.45, 2.75) is 0 Å². The van der Waals surface area contributed by atoms with E-state index < -0.39 is 10.8 Å². The number of nitro benzene ring substituents is 1. The van der Waals surface area contributed by atoms with Crippen LogP contribution < -0.4 is 5.32 Å². The molecule has 0 saturated carbocycles. The Morgan fingerprint density at radius 2 is 2.00 bits per heavy atom. The molecule has 2 aromatic rings. The van der Waals surface area contributed by atoms with Crippen molar-refractivity contribution in [2.24, 2.45) is 0 Å². The maximum Gasteiger partial charge on any atom is 0.271 e. The minimum atomic E-state index is -0.557. The summed E-state index contributed by atoms with van der Waals surface area (Å²) in [7, 11) is 0. The molecule has 1 amide bonds. The van der Waals surface area contributed by atoms with Crippen LogP contribution >= 0.6 is 39.1 Å². The first-order chi connectivity index (χ1) is 9.88. The molecule has 0 fully saturated rings. The molecular formula is C12H6BrCl2N3O3. The van der Waals surface area contributed by atoms with Gasteiger partial charge in [-0.3, -0.25) is 14.9 Å². The lowest BCUT2D eigenvalue weighted by Gasteiger charge is -2.08. The molecule has 0 atom stereocenters. The van der Waals surface area contributed by atoms with Crippen molar-refractivity contribution in [1.29, 1.82) is 0 Å². The van der Waals surface area contributed by atoms with Gasteiger partial charge in [-0.1, -0.05) is 23.2 Å². The fraction of sp³-hybridized carbons (Fsp3) is 0. The van der Waals surface area contributed by atoms with Crippen molar-refractivity contribution in [3.63, 3.8) is 0 Å². The summed E-state index contributed by atoms with van der Waals surface area (Å²) in [6.07, 6.45) is 0. The summed E-state index contributed by atoms with van der Waals surface area (Å²) < 4.78 is 0.500. The number of aromatic nitrogens is 1. The monoisotopic (exact) mass is 389 g/mol. The average Bonchev–Trinajstić information content (AvgIpc) is 2.40. The Labute approximate surface area is 137 Å². The number of nitrogens with zero attached hydrogens (tertiary/aromatic N) is 2. The van der Waals surface area contributed by atoms with Crippen LogP contribution in [0.3, 0.4) is 0 Å². The molecule has 0 aliphatic heterocycles. The summed E-state index contributed by atoms with van der Waals surface area (Å²) >= 11 is 14.7. The van der Waals surface area contributed by atoms with Gasteiger partial charge in [0.15, 0.2) is 0 Å². The molecule has 0 aliphatic carbocycles. The normalized spacial score (nSPS) is 10.2. The Hall–Kier alpha value is -1.70. The third kappa shape index (κ3) is 3.69. The molecule has 108 valence electrons. The highest BCUT2D eigenvalue weighted by atomic mass is 79.9. The van der Waals surface area contributed by atoms with Crippen molar-refractivity contribution in [1.82, 2.24) is 4.98 Å². The van der Waals surface area contributed by atoms with Crippen LogP contribution in [-0.4, -0.2) is 15.8 Å². The van der Waals surface area contributed by atoms with E-state index in [4.69, 9.17) is 23.2 Å². The molecule has 0 unspecified atom stereocenters. The number of non-ortho nitro benzene ring substituents is 1. The number of benzene rings is 1. The number of hydrogen-bond donors (Lipinski definition) is 1. The van der Waals surface area contributed by atoms with Crippen molar-refractivity contribution in [3.8, 4) is 0 Å². The van der Waals surface area contributed by atoms with Crippen LogP contribution in [0.15, 0.2) is 34.8 Å². The summed E-state index contributed by atoms with van der Waals surface area (Å²) in [4.78, 5) is 26.1. The van der Waals surface area contributed by atoms with E-state index in [1.165, 1.54) is 30.3 Å². The molecular weight excluding hydrogens is 385 g/mol. The number of nitro groups is 1. The highest BCUT2D eigenvalue weighted by Crippen LogP contribution is 2.28. The SMILES string of the molecule is O=C(Nc1cc([N+](=O)[O-])ccc1Br)c1ccc(Cl)nc1Cl. The fourth-order valence-corrected chi connectivity index (χ4v) is 2.27. The molecule has 1 aromatic carbocycles. The zero-order valence-electron chi connectivity index (χ0n) is 10.1. The van der Waals surface area contributed by atoms with E-state index >= 15 is 0 Å². The second-order valence-corrected chi connectivity index (χ2v) is 5.45. The molecule has 21 heavy (non-hydrogen) atoms. The lowest BCUT2D eigenvalue weighted by molar-refractivity contribution is -0.384. The maximum atomic E-state index is 12.1. The lowest BCUT2D eigenvalue weighted by Crippen LogP contribution is -2.13. The molecule has 0 radical (unpaired) electrons. The number of hydrogen-bond acceptors (Lipinski definition) is 4. The number of amides is 1. The molecule has 0 spiro atoms. The van der Waals surface area contributed by atoms with Gasteiger partial charge in [-0.05, 0) is 34.1 Å². The number of anilines is 1. The third-order valence-corrected chi connectivity index (χ3v) is 3.66. The molecule has 2 rings (SSSR count). The number of pyridine rings is 1. The van der Waals surface area contributed by atoms with Gasteiger partial charge in [0.05, 0.1) is 16.2 Å². The topological polar surface area (TPSA) is 85.1 Å². The van der Waals surface area contributed by atoms with Gasteiger partial charge in [0.1, 0.15) is 10.3 Å². The van der Waals surface area contributed by atoms with Crippen LogP contribution in [0.1, 0.15) is 10.4 Å². The van der Waals surface area contributed by atoms with E-state index in [-0.39, 0.29) is 27.2 Å². The number of carbonyl (C=O) groups is 1. The van der Waals surface area contributed by atoms with Gasteiger partial charge in [-0.2, -0.15) is 0 Å². The minimum absolute atomic E-state index is 0.0541. The fourth-order valence-electron chi connectivity index (χ4n) is 1.49. The number of carbonyl (C=O) groups excluding carboxylic acids is 1. The summed E-state index contributed by atoms with van der Waals surface area (Å²) in [5.74, 6) is -0.551. The highest BCUT2D eigenvalue weighted by Gasteiger charge is 2.16. The van der Waals surface area contributed by atoms with Gasteiger partial charge in [0.25, 0.3) is 11.6 Å². The second kappa shape index (κ2) is 6.38. The van der Waals surface area contributed by atoms with Gasteiger partial charge in [-0.15, -0.1) is 0 Å². The van der Waals surface area contributed by atoms with E-state index in [2.05, 4.69) is 26.2 Å². The summed E-state index contributed by atoms with van der Waals surface area (Å²) in [5.41, 5.74) is 0.216.